The molecule has 0 heterocycles. The summed E-state index contributed by atoms with van der Waals surface area (Å²) < 4.78 is 11.9. The van der Waals surface area contributed by atoms with Crippen LogP contribution < -0.4 is 14.8 Å². The Bertz CT molecular complexity index is 1370. The fraction of sp³-hybridized carbons (Fsp3) is 0.167. The number of carbonyl (C=O) groups excluding carboxylic acids is 1. The molecule has 0 spiro atoms. The van der Waals surface area contributed by atoms with E-state index in [9.17, 15) is 14.9 Å². The second-order valence-electron chi connectivity index (χ2n) is 8.16. The highest BCUT2D eigenvalue weighted by Crippen LogP contribution is 2.35. The number of aromatic carboxylic acids is 1. The number of aryl methyl sites for hydroxylation is 1. The summed E-state index contributed by atoms with van der Waals surface area (Å²) in [7, 11) is 0. The largest absolute Gasteiger partial charge is 0.490 e. The summed E-state index contributed by atoms with van der Waals surface area (Å²) in [5, 5.41) is 21.6. The molecule has 0 saturated carbocycles. The number of amides is 1. The third-order valence-electron chi connectivity index (χ3n) is 5.47. The third kappa shape index (κ3) is 7.09. The number of carboxylic acids is 1. The Morgan fingerprint density at radius 1 is 1.11 bits per heavy atom. The number of hydrogen-bond donors (Lipinski definition) is 2. The quantitative estimate of drug-likeness (QED) is 0.193. The molecule has 188 valence electrons. The van der Waals surface area contributed by atoms with Gasteiger partial charge in [0.05, 0.1) is 12.2 Å². The zero-order chi connectivity index (χ0) is 26.8. The lowest BCUT2D eigenvalue weighted by molar-refractivity contribution is -0.112. The van der Waals surface area contributed by atoms with Gasteiger partial charge in [0.25, 0.3) is 5.91 Å². The second-order valence-corrected chi connectivity index (χ2v) is 8.16. The summed E-state index contributed by atoms with van der Waals surface area (Å²) in [6.45, 7) is 8.12. The van der Waals surface area contributed by atoms with Crippen molar-refractivity contribution >= 4 is 23.6 Å². The Morgan fingerprint density at radius 2 is 1.84 bits per heavy atom. The van der Waals surface area contributed by atoms with E-state index in [1.807, 2.05) is 44.2 Å². The van der Waals surface area contributed by atoms with Crippen molar-refractivity contribution in [2.45, 2.75) is 26.9 Å². The number of nitriles is 1. The van der Waals surface area contributed by atoms with Crippen molar-refractivity contribution in [3.63, 3.8) is 0 Å². The monoisotopic (exact) mass is 496 g/mol. The highest BCUT2D eigenvalue weighted by molar-refractivity contribution is 6.10. The molecular formula is C30H28N2O5. The Morgan fingerprint density at radius 3 is 2.46 bits per heavy atom. The fourth-order valence-corrected chi connectivity index (χ4v) is 3.62. The number of ether oxygens (including phenoxy) is 2. The van der Waals surface area contributed by atoms with Gasteiger partial charge in [-0.25, -0.2) is 4.79 Å². The van der Waals surface area contributed by atoms with Gasteiger partial charge in [-0.05, 0) is 73.4 Å². The zero-order valence-corrected chi connectivity index (χ0v) is 20.8. The zero-order valence-electron chi connectivity index (χ0n) is 20.8. The molecule has 3 rings (SSSR count). The number of carbonyl (C=O) groups is 2. The molecule has 3 aromatic carbocycles. The third-order valence-corrected chi connectivity index (χ3v) is 5.47. The van der Waals surface area contributed by atoms with E-state index in [1.165, 1.54) is 18.2 Å². The molecular weight excluding hydrogens is 468 g/mol. The van der Waals surface area contributed by atoms with E-state index < -0.39 is 11.9 Å². The van der Waals surface area contributed by atoms with Gasteiger partial charge in [-0.15, -0.1) is 6.58 Å². The summed E-state index contributed by atoms with van der Waals surface area (Å²) in [6, 6.07) is 19.3. The van der Waals surface area contributed by atoms with E-state index in [1.54, 1.807) is 30.3 Å². The molecule has 0 aliphatic rings. The van der Waals surface area contributed by atoms with Crippen LogP contribution in [-0.2, 0) is 17.8 Å². The first-order valence-electron chi connectivity index (χ1n) is 11.7. The number of allylic oxidation sites excluding steroid dienone is 1. The van der Waals surface area contributed by atoms with Gasteiger partial charge in [-0.1, -0.05) is 36.4 Å². The van der Waals surface area contributed by atoms with E-state index in [0.717, 1.165) is 16.7 Å². The van der Waals surface area contributed by atoms with Crippen LogP contribution in [0.5, 0.6) is 11.5 Å². The highest BCUT2D eigenvalue weighted by atomic mass is 16.5. The summed E-state index contributed by atoms with van der Waals surface area (Å²) in [6.07, 6.45) is 3.70. The van der Waals surface area contributed by atoms with E-state index in [4.69, 9.17) is 14.6 Å². The average molecular weight is 497 g/mol. The summed E-state index contributed by atoms with van der Waals surface area (Å²) >= 11 is 0. The number of benzene rings is 3. The minimum atomic E-state index is -0.993. The maximum atomic E-state index is 12.8. The standard InChI is InChI=1S/C30H28N2O5/c1-4-8-24-15-22(16-25(18-31)29(33)32-26-10-7-6-9-20(26)3)17-27(36-5-2)28(24)37-19-21-11-13-23(14-12-21)30(34)35/h4,6-7,9-17H,1,5,8,19H2,2-3H3,(H,32,33)(H,34,35)/b25-16+. The van der Waals surface area contributed by atoms with Crippen LogP contribution in [0.2, 0.25) is 0 Å². The van der Waals surface area contributed by atoms with Crippen LogP contribution in [0.15, 0.2) is 78.9 Å². The van der Waals surface area contributed by atoms with E-state index in [0.29, 0.717) is 35.8 Å². The molecule has 0 radical (unpaired) electrons. The number of para-hydroxylation sites is 1. The van der Waals surface area contributed by atoms with Gasteiger partial charge >= 0.3 is 5.97 Å². The smallest absolute Gasteiger partial charge is 0.335 e. The molecule has 0 bridgehead atoms. The minimum absolute atomic E-state index is 0.0533. The van der Waals surface area contributed by atoms with Crippen LogP contribution in [0.1, 0.15) is 39.5 Å². The molecule has 0 aliphatic carbocycles. The number of carboxylic acid groups (broad SMARTS) is 1. The first-order chi connectivity index (χ1) is 17.9. The molecule has 0 saturated heterocycles. The summed E-state index contributed by atoms with van der Waals surface area (Å²) in [5.74, 6) is -0.520. The normalized spacial score (nSPS) is 10.8. The van der Waals surface area contributed by atoms with Gasteiger partial charge in [0, 0.05) is 11.3 Å². The number of nitrogens with zero attached hydrogens (tertiary/aromatic N) is 1. The first-order valence-corrected chi connectivity index (χ1v) is 11.7. The van der Waals surface area contributed by atoms with Gasteiger partial charge in [-0.2, -0.15) is 5.26 Å². The van der Waals surface area contributed by atoms with Crippen LogP contribution in [0, 0.1) is 18.3 Å². The van der Waals surface area contributed by atoms with E-state index >= 15 is 0 Å². The minimum Gasteiger partial charge on any atom is -0.490 e. The maximum Gasteiger partial charge on any atom is 0.335 e. The van der Waals surface area contributed by atoms with Gasteiger partial charge < -0.3 is 19.9 Å². The Hall–Kier alpha value is -4.83. The van der Waals surface area contributed by atoms with Crippen LogP contribution in [0.3, 0.4) is 0 Å². The molecule has 0 atom stereocenters. The molecule has 7 nitrogen and oxygen atoms in total. The molecule has 0 aliphatic heterocycles. The molecule has 0 aromatic heterocycles. The Labute approximate surface area is 216 Å². The lowest BCUT2D eigenvalue weighted by Crippen LogP contribution is -2.14. The van der Waals surface area contributed by atoms with Crippen molar-refractivity contribution in [3.05, 3.63) is 107 Å². The molecule has 37 heavy (non-hydrogen) atoms. The van der Waals surface area contributed by atoms with Crippen LogP contribution in [0.4, 0.5) is 5.69 Å². The van der Waals surface area contributed by atoms with Crippen molar-refractivity contribution in [1.29, 1.82) is 5.26 Å². The lowest BCUT2D eigenvalue weighted by Gasteiger charge is -2.17. The number of nitrogens with one attached hydrogen (secondary N) is 1. The molecule has 3 aromatic rings. The van der Waals surface area contributed by atoms with Crippen molar-refractivity contribution in [2.75, 3.05) is 11.9 Å². The SMILES string of the molecule is C=CCc1cc(/C=C(\C#N)C(=O)Nc2ccccc2C)cc(OCC)c1OCc1ccc(C(=O)O)cc1. The van der Waals surface area contributed by atoms with Crippen molar-refractivity contribution < 1.29 is 24.2 Å². The maximum absolute atomic E-state index is 12.8. The van der Waals surface area contributed by atoms with E-state index in [-0.39, 0.29) is 17.7 Å². The van der Waals surface area contributed by atoms with Crippen molar-refractivity contribution in [1.82, 2.24) is 0 Å². The van der Waals surface area contributed by atoms with Gasteiger partial charge in [0.1, 0.15) is 18.2 Å². The van der Waals surface area contributed by atoms with Gasteiger partial charge in [0.15, 0.2) is 11.5 Å². The summed E-state index contributed by atoms with van der Waals surface area (Å²) in [5.41, 5.74) is 3.83. The highest BCUT2D eigenvalue weighted by Gasteiger charge is 2.16. The van der Waals surface area contributed by atoms with Crippen molar-refractivity contribution in [3.8, 4) is 17.6 Å². The predicted molar refractivity (Wildman–Crippen MR) is 143 cm³/mol. The van der Waals surface area contributed by atoms with Crippen LogP contribution in [0.25, 0.3) is 6.08 Å². The topological polar surface area (TPSA) is 109 Å². The van der Waals surface area contributed by atoms with Crippen molar-refractivity contribution in [2.24, 2.45) is 0 Å². The van der Waals surface area contributed by atoms with Crippen LogP contribution in [-0.4, -0.2) is 23.6 Å². The van der Waals surface area contributed by atoms with Gasteiger partial charge in [0.2, 0.25) is 0 Å². The molecule has 2 N–H and O–H groups in total. The number of rotatable bonds is 11. The molecule has 0 unspecified atom stereocenters. The molecule has 0 fully saturated rings. The summed E-state index contributed by atoms with van der Waals surface area (Å²) in [4.78, 5) is 23.9. The van der Waals surface area contributed by atoms with E-state index in [2.05, 4.69) is 11.9 Å². The first kappa shape index (κ1) is 26.8. The Balaban J connectivity index is 1.91. The molecule has 7 heteroatoms. The molecule has 1 amide bonds. The number of hydrogen-bond acceptors (Lipinski definition) is 5. The second kappa shape index (κ2) is 12.8. The predicted octanol–water partition coefficient (Wildman–Crippen LogP) is 5.95. The number of anilines is 1. The fourth-order valence-electron chi connectivity index (χ4n) is 3.62. The lowest BCUT2D eigenvalue weighted by atomic mass is 10.0. The average Bonchev–Trinajstić information content (AvgIpc) is 2.88. The van der Waals surface area contributed by atoms with Gasteiger partial charge in [-0.3, -0.25) is 4.79 Å². The Kier molecular flexibility index (Phi) is 9.23. The van der Waals surface area contributed by atoms with Crippen LogP contribution >= 0.6 is 0 Å².